The molecule has 0 amide bonds. The second-order valence-electron chi connectivity index (χ2n) is 8.80. The zero-order chi connectivity index (χ0) is 16.9. The zero-order valence-electron chi connectivity index (χ0n) is 16.7. The van der Waals surface area contributed by atoms with E-state index in [2.05, 4.69) is 69.2 Å². The van der Waals surface area contributed by atoms with Gasteiger partial charge in [0.05, 0.1) is 0 Å². The Hall–Kier alpha value is 1.39. The van der Waals surface area contributed by atoms with Crippen LogP contribution in [-0.2, 0) is 35.9 Å². The minimum absolute atomic E-state index is 0.396. The molecule has 128 valence electrons. The van der Waals surface area contributed by atoms with E-state index in [4.69, 9.17) is 1.90 Å². The molecule has 0 bridgehead atoms. The van der Waals surface area contributed by atoms with Gasteiger partial charge in [-0.15, -0.1) is 0 Å². The van der Waals surface area contributed by atoms with Crippen molar-refractivity contribution in [3.8, 4) is 0 Å². The van der Waals surface area contributed by atoms with Gasteiger partial charge in [0.2, 0.25) is 0 Å². The number of hydrogen-bond acceptors (Lipinski definition) is 1. The molecule has 0 aliphatic heterocycles. The van der Waals surface area contributed by atoms with E-state index in [1.807, 2.05) is 0 Å². The molecule has 0 heterocycles. The number of hydrogen-bond donors (Lipinski definition) is 0. The monoisotopic (exact) mass is 370 g/mol. The Morgan fingerprint density at radius 3 is 1.14 bits per heavy atom. The normalized spacial score (nSPS) is 14.6. The SMILES string of the molecule is CC[CH2][Ti]([CH2]CC)([O][Ti]([CH2]C)([CH2]C)[C](C)(C)C)[C](C)(C)C. The van der Waals surface area contributed by atoms with Crippen LogP contribution >= 0.6 is 0 Å². The van der Waals surface area contributed by atoms with Gasteiger partial charge in [0.15, 0.2) is 0 Å². The molecule has 0 rings (SSSR count). The van der Waals surface area contributed by atoms with Gasteiger partial charge in [0.25, 0.3) is 0 Å². The topological polar surface area (TPSA) is 9.23 Å². The molecule has 0 unspecified atom stereocenters. The van der Waals surface area contributed by atoms with E-state index in [1.54, 1.807) is 0 Å². The van der Waals surface area contributed by atoms with Crippen LogP contribution in [0, 0.1) is 0 Å². The Balaban J connectivity index is 5.84. The van der Waals surface area contributed by atoms with Crippen LogP contribution in [0.25, 0.3) is 0 Å². The maximum absolute atomic E-state index is 7.51. The van der Waals surface area contributed by atoms with E-state index in [0.29, 0.717) is 7.44 Å². The predicted molar refractivity (Wildman–Crippen MR) is 91.7 cm³/mol. The molecule has 0 spiro atoms. The van der Waals surface area contributed by atoms with Gasteiger partial charge in [-0.05, 0) is 0 Å². The molecule has 1 nitrogen and oxygen atoms in total. The molecule has 0 aliphatic carbocycles. The summed E-state index contributed by atoms with van der Waals surface area (Å²) in [4.78, 5) is 0. The van der Waals surface area contributed by atoms with Crippen molar-refractivity contribution in [2.24, 2.45) is 0 Å². The first kappa shape index (κ1) is 22.4. The van der Waals surface area contributed by atoms with Gasteiger partial charge in [0, 0.05) is 0 Å². The van der Waals surface area contributed by atoms with Crippen molar-refractivity contribution in [1.82, 2.24) is 0 Å². The van der Waals surface area contributed by atoms with Crippen molar-refractivity contribution < 1.29 is 35.9 Å². The van der Waals surface area contributed by atoms with Crippen LogP contribution in [0.2, 0.25) is 26.3 Å². The molecule has 21 heavy (non-hydrogen) atoms. The van der Waals surface area contributed by atoms with Crippen LogP contribution in [0.4, 0.5) is 0 Å². The summed E-state index contributed by atoms with van der Waals surface area (Å²) in [5.41, 5.74) is 0. The summed E-state index contributed by atoms with van der Waals surface area (Å²) in [5, 5.41) is 0. The molecular formula is C18H42OTi2. The minimum atomic E-state index is -2.32. The van der Waals surface area contributed by atoms with Crippen molar-refractivity contribution >= 4 is 0 Å². The molecule has 3 heteroatoms. The molecular weight excluding hydrogens is 328 g/mol. The first-order valence-corrected chi connectivity index (χ1v) is 16.4. The Labute approximate surface area is 143 Å². The van der Waals surface area contributed by atoms with Gasteiger partial charge in [0.1, 0.15) is 0 Å². The molecule has 0 atom stereocenters. The number of rotatable bonds is 8. The molecule has 0 aromatic rings. The van der Waals surface area contributed by atoms with E-state index >= 15 is 0 Å². The summed E-state index contributed by atoms with van der Waals surface area (Å²) < 4.78 is 13.7. The predicted octanol–water partition coefficient (Wildman–Crippen LogP) is 8.11. The van der Waals surface area contributed by atoms with Crippen LogP contribution in [0.15, 0.2) is 0 Å². The first-order valence-electron chi connectivity index (χ1n) is 9.15. The average molecular weight is 370 g/mol. The zero-order valence-corrected chi connectivity index (χ0v) is 19.8. The third kappa shape index (κ3) is 5.18. The molecule has 0 saturated heterocycles. The van der Waals surface area contributed by atoms with E-state index in [1.165, 1.54) is 31.7 Å². The summed E-state index contributed by atoms with van der Waals surface area (Å²) in [6, 6.07) is 0. The van der Waals surface area contributed by atoms with Crippen LogP contribution in [0.3, 0.4) is 0 Å². The fourth-order valence-corrected chi connectivity index (χ4v) is 28.1. The van der Waals surface area contributed by atoms with Gasteiger partial charge < -0.3 is 0 Å². The van der Waals surface area contributed by atoms with Gasteiger partial charge in [-0.1, -0.05) is 0 Å². The Morgan fingerprint density at radius 2 is 0.952 bits per heavy atom. The van der Waals surface area contributed by atoms with Crippen LogP contribution < -0.4 is 0 Å². The molecule has 0 aromatic heterocycles. The molecule has 0 radical (unpaired) electrons. The summed E-state index contributed by atoms with van der Waals surface area (Å²) in [6.45, 7) is 24.3. The van der Waals surface area contributed by atoms with Crippen molar-refractivity contribution in [2.45, 2.75) is 108 Å². The summed E-state index contributed by atoms with van der Waals surface area (Å²) in [5.74, 6) is 0. The molecule has 0 aliphatic rings. The van der Waals surface area contributed by atoms with Gasteiger partial charge >= 0.3 is 144 Å². The van der Waals surface area contributed by atoms with Gasteiger partial charge in [-0.25, -0.2) is 0 Å². The molecule has 0 aromatic carbocycles. The Kier molecular flexibility index (Phi) is 9.04. The van der Waals surface area contributed by atoms with Crippen LogP contribution in [0.5, 0.6) is 0 Å². The van der Waals surface area contributed by atoms with Crippen LogP contribution in [0.1, 0.15) is 82.1 Å². The molecule has 0 N–H and O–H groups in total. The van der Waals surface area contributed by atoms with E-state index in [0.717, 1.165) is 0 Å². The fraction of sp³-hybridized carbons (Fsp3) is 1.00. The quantitative estimate of drug-likeness (QED) is 0.392. The summed E-state index contributed by atoms with van der Waals surface area (Å²) >= 11 is -4.61. The fourth-order valence-electron chi connectivity index (χ4n) is 3.92. The third-order valence-electron chi connectivity index (χ3n) is 5.57. The van der Waals surface area contributed by atoms with Crippen molar-refractivity contribution in [3.05, 3.63) is 0 Å². The first-order chi connectivity index (χ1) is 9.45. The van der Waals surface area contributed by atoms with E-state index < -0.39 is 34.0 Å². The second-order valence-corrected chi connectivity index (χ2v) is 25.1. The third-order valence-corrected chi connectivity index (χ3v) is 28.0. The van der Waals surface area contributed by atoms with Gasteiger partial charge in [-0.2, -0.15) is 0 Å². The molecule has 0 saturated carbocycles. The second kappa shape index (κ2) is 8.48. The molecule has 0 fully saturated rings. The maximum atomic E-state index is 7.51. The Bertz CT molecular complexity index is 289. The van der Waals surface area contributed by atoms with Gasteiger partial charge in [-0.3, -0.25) is 0 Å². The van der Waals surface area contributed by atoms with Crippen LogP contribution in [-0.4, -0.2) is 0 Å². The summed E-state index contributed by atoms with van der Waals surface area (Å²) in [6.07, 6.45) is 2.60. The van der Waals surface area contributed by atoms with E-state index in [9.17, 15) is 0 Å². The Morgan fingerprint density at radius 1 is 0.619 bits per heavy atom. The van der Waals surface area contributed by atoms with Crippen molar-refractivity contribution in [2.75, 3.05) is 0 Å². The summed E-state index contributed by atoms with van der Waals surface area (Å²) in [7, 11) is 0. The average Bonchev–Trinajstić information content (AvgIpc) is 2.33. The van der Waals surface area contributed by atoms with E-state index in [-0.39, 0.29) is 0 Å². The van der Waals surface area contributed by atoms with Crippen molar-refractivity contribution in [3.63, 3.8) is 0 Å². The van der Waals surface area contributed by atoms with Crippen molar-refractivity contribution in [1.29, 1.82) is 0 Å². The standard InChI is InChI=1S/2C4H9.2C3H7.2C2H5.O.2Ti/c2*1-4(2)3;2*1-3-2;2*1-2;;;/h2*1-3H3;2*1,3H2,2H3;2*1H2,2H3;;;.